The molecule has 2 saturated heterocycles. The average Bonchev–Trinajstić information content (AvgIpc) is 3.40. The largest absolute Gasteiger partial charge is 0.351 e. The van der Waals surface area contributed by atoms with Gasteiger partial charge in [-0.25, -0.2) is 28.7 Å². The third kappa shape index (κ3) is 5.91. The van der Waals surface area contributed by atoms with Crippen LogP contribution in [0.3, 0.4) is 0 Å². The maximum atomic E-state index is 15.4. The zero-order valence-electron chi connectivity index (χ0n) is 25.3. The first kappa shape index (κ1) is 29.4. The molecular weight excluding hydrogens is 561 g/mol. The van der Waals surface area contributed by atoms with Gasteiger partial charge < -0.3 is 14.7 Å². The molecule has 0 bridgehead atoms. The minimum Gasteiger partial charge on any atom is -0.349 e. The van der Waals surface area contributed by atoms with E-state index in [0.717, 1.165) is 38.2 Å². The van der Waals surface area contributed by atoms with Crippen molar-refractivity contribution in [2.75, 3.05) is 62.7 Å². The summed E-state index contributed by atoms with van der Waals surface area (Å²) in [4.78, 5) is 35.4. The van der Waals surface area contributed by atoms with Gasteiger partial charge in [0.1, 0.15) is 24.0 Å². The number of benzene rings is 1. The van der Waals surface area contributed by atoms with Crippen molar-refractivity contribution in [2.45, 2.75) is 33.0 Å². The second-order valence-electron chi connectivity index (χ2n) is 11.5. The van der Waals surface area contributed by atoms with Crippen molar-refractivity contribution in [3.63, 3.8) is 0 Å². The number of hydrogen-bond donors (Lipinski definition) is 0. The number of piperazine rings is 2. The summed E-state index contributed by atoms with van der Waals surface area (Å²) in [6, 6.07) is 8.73. The van der Waals surface area contributed by atoms with Gasteiger partial charge in [0.25, 0.3) is 0 Å². The summed E-state index contributed by atoms with van der Waals surface area (Å²) in [7, 11) is 2.07. The monoisotopic (exact) mass is 597 g/mol. The summed E-state index contributed by atoms with van der Waals surface area (Å²) in [5, 5.41) is 14.2. The Morgan fingerprint density at radius 3 is 2.45 bits per heavy atom. The molecule has 0 amide bonds. The van der Waals surface area contributed by atoms with Crippen LogP contribution in [0, 0.1) is 17.1 Å². The third-order valence-corrected chi connectivity index (χ3v) is 8.47. The van der Waals surface area contributed by atoms with Gasteiger partial charge in [-0.15, -0.1) is 0 Å². The molecule has 12 nitrogen and oxygen atoms in total. The van der Waals surface area contributed by atoms with Gasteiger partial charge in [-0.2, -0.15) is 15.0 Å². The van der Waals surface area contributed by atoms with Crippen LogP contribution in [0.25, 0.3) is 16.8 Å². The van der Waals surface area contributed by atoms with Gasteiger partial charge in [-0.05, 0) is 49.7 Å². The first-order chi connectivity index (χ1) is 21.3. The summed E-state index contributed by atoms with van der Waals surface area (Å²) in [5.74, 6) is 0.736. The van der Waals surface area contributed by atoms with Crippen LogP contribution in [-0.2, 0) is 13.1 Å². The van der Waals surface area contributed by atoms with Crippen LogP contribution in [0.5, 0.6) is 0 Å². The lowest BCUT2D eigenvalue weighted by Gasteiger charge is -2.40. The number of nitriles is 1. The van der Waals surface area contributed by atoms with Gasteiger partial charge >= 0.3 is 5.69 Å². The molecule has 3 aromatic heterocycles. The van der Waals surface area contributed by atoms with Crippen molar-refractivity contribution in [3.05, 3.63) is 76.6 Å². The zero-order valence-corrected chi connectivity index (χ0v) is 25.3. The highest BCUT2D eigenvalue weighted by atomic mass is 19.1. The number of aryl methyl sites for hydroxylation is 1. The highest BCUT2D eigenvalue weighted by molar-refractivity contribution is 5.69. The Labute approximate surface area is 255 Å². The Balaban J connectivity index is 1.17. The van der Waals surface area contributed by atoms with Crippen molar-refractivity contribution in [3.8, 4) is 22.9 Å². The van der Waals surface area contributed by atoms with Gasteiger partial charge in [-0.1, -0.05) is 13.0 Å². The molecule has 228 valence electrons. The molecule has 0 N–H and O–H groups in total. The number of aromatic nitrogens is 6. The smallest absolute Gasteiger partial charge is 0.349 e. The average molecular weight is 598 g/mol. The van der Waals surface area contributed by atoms with Gasteiger partial charge in [-0.3, -0.25) is 4.90 Å². The Kier molecular flexibility index (Phi) is 8.36. The number of likely N-dealkylation sites (N-methyl/N-ethyl adjacent to an activating group) is 1. The van der Waals surface area contributed by atoms with Crippen molar-refractivity contribution in [2.24, 2.45) is 0 Å². The van der Waals surface area contributed by atoms with Crippen molar-refractivity contribution in [1.82, 2.24) is 39.1 Å². The first-order valence-corrected chi connectivity index (χ1v) is 14.9. The third-order valence-electron chi connectivity index (χ3n) is 8.47. The molecule has 44 heavy (non-hydrogen) atoms. The van der Waals surface area contributed by atoms with Crippen molar-refractivity contribution < 1.29 is 4.39 Å². The van der Waals surface area contributed by atoms with Crippen LogP contribution in [-0.4, -0.2) is 98.0 Å². The van der Waals surface area contributed by atoms with Crippen LogP contribution >= 0.6 is 0 Å². The SMILES string of the molecule is CCc1cnc(N2CCN(c3ncc(-c4ccc(-n5cnn(CN6CCN(C)CC6)c5=O)c(F)c4)cc3C#N)C(C)C2)nc1. The van der Waals surface area contributed by atoms with Gasteiger partial charge in [0, 0.05) is 76.0 Å². The molecule has 0 spiro atoms. The molecule has 2 aliphatic rings. The van der Waals surface area contributed by atoms with E-state index in [-0.39, 0.29) is 11.7 Å². The van der Waals surface area contributed by atoms with E-state index in [9.17, 15) is 10.1 Å². The molecule has 0 saturated carbocycles. The molecule has 1 atom stereocenters. The Bertz CT molecular complexity index is 1720. The fraction of sp³-hybridized carbons (Fsp3) is 0.419. The molecule has 1 unspecified atom stereocenters. The lowest BCUT2D eigenvalue weighted by molar-refractivity contribution is 0.118. The van der Waals surface area contributed by atoms with E-state index in [2.05, 4.69) is 66.6 Å². The molecule has 6 rings (SSSR count). The second kappa shape index (κ2) is 12.5. The number of pyridine rings is 1. The topological polar surface area (TPSA) is 115 Å². The molecule has 13 heteroatoms. The minimum absolute atomic E-state index is 0.0656. The first-order valence-electron chi connectivity index (χ1n) is 14.9. The van der Waals surface area contributed by atoms with Crippen molar-refractivity contribution in [1.29, 1.82) is 5.26 Å². The molecular formula is C31H36FN11O. The molecule has 0 radical (unpaired) electrons. The number of halogens is 1. The van der Waals surface area contributed by atoms with E-state index in [4.69, 9.17) is 0 Å². The maximum absolute atomic E-state index is 15.4. The quantitative estimate of drug-likeness (QED) is 0.315. The molecule has 1 aromatic carbocycles. The van der Waals surface area contributed by atoms with Gasteiger partial charge in [0.05, 0.1) is 17.9 Å². The second-order valence-corrected chi connectivity index (χ2v) is 11.5. The predicted octanol–water partition coefficient (Wildman–Crippen LogP) is 2.38. The summed E-state index contributed by atoms with van der Waals surface area (Å²) in [6.07, 6.45) is 7.64. The van der Waals surface area contributed by atoms with Gasteiger partial charge in [0.2, 0.25) is 5.95 Å². The molecule has 2 aliphatic heterocycles. The van der Waals surface area contributed by atoms with Crippen LogP contribution in [0.15, 0.2) is 54.0 Å². The number of rotatable bonds is 7. The standard InChI is InChI=1S/C31H36FN11O/c1-4-23-16-35-30(36-17-23)40-11-12-41(22(2)19-40)29-25(15-33)13-26(18-34-29)24-5-6-28(27(32)14-24)42-20-37-43(31(42)44)21-39-9-7-38(3)8-10-39/h5-6,13-14,16-18,20,22H,4,7-12,19,21H2,1-3H3. The van der Waals surface area contributed by atoms with E-state index in [1.165, 1.54) is 21.6 Å². The van der Waals surface area contributed by atoms with E-state index >= 15 is 4.39 Å². The van der Waals surface area contributed by atoms with Crippen LogP contribution in [0.2, 0.25) is 0 Å². The van der Waals surface area contributed by atoms with E-state index in [1.807, 2.05) is 12.4 Å². The molecule has 0 aliphatic carbocycles. The van der Waals surface area contributed by atoms with Gasteiger partial charge in [0.15, 0.2) is 0 Å². The highest BCUT2D eigenvalue weighted by Crippen LogP contribution is 2.29. The summed E-state index contributed by atoms with van der Waals surface area (Å²) < 4.78 is 18.0. The summed E-state index contributed by atoms with van der Waals surface area (Å²) in [6.45, 7) is 10.1. The van der Waals surface area contributed by atoms with Crippen LogP contribution in [0.1, 0.15) is 25.0 Å². The van der Waals surface area contributed by atoms with Crippen molar-refractivity contribution >= 4 is 11.8 Å². The zero-order chi connectivity index (χ0) is 30.8. The Morgan fingerprint density at radius 1 is 1.00 bits per heavy atom. The maximum Gasteiger partial charge on any atom is 0.351 e. The fourth-order valence-electron chi connectivity index (χ4n) is 5.73. The Hall–Kier alpha value is -4.67. The minimum atomic E-state index is -0.565. The van der Waals surface area contributed by atoms with E-state index in [0.29, 0.717) is 54.8 Å². The Morgan fingerprint density at radius 2 is 1.77 bits per heavy atom. The number of hydrogen-bond acceptors (Lipinski definition) is 10. The number of anilines is 2. The molecule has 4 aromatic rings. The van der Waals surface area contributed by atoms with E-state index < -0.39 is 11.5 Å². The normalized spacial score (nSPS) is 18.0. The van der Waals surface area contributed by atoms with E-state index in [1.54, 1.807) is 24.4 Å². The predicted molar refractivity (Wildman–Crippen MR) is 165 cm³/mol. The summed E-state index contributed by atoms with van der Waals surface area (Å²) in [5.41, 5.74) is 2.41. The lowest BCUT2D eigenvalue weighted by atomic mass is 10.0. The number of nitrogens with zero attached hydrogens (tertiary/aromatic N) is 11. The van der Waals surface area contributed by atoms with Crippen LogP contribution < -0.4 is 15.5 Å². The lowest BCUT2D eigenvalue weighted by Crippen LogP contribution is -2.53. The fourth-order valence-corrected chi connectivity index (χ4v) is 5.73. The molecule has 2 fully saturated rings. The summed E-state index contributed by atoms with van der Waals surface area (Å²) >= 11 is 0. The highest BCUT2D eigenvalue weighted by Gasteiger charge is 2.28. The van der Waals surface area contributed by atoms with Crippen LogP contribution in [0.4, 0.5) is 16.2 Å². The molecule has 5 heterocycles.